The van der Waals surface area contributed by atoms with E-state index >= 15 is 0 Å². The predicted molar refractivity (Wildman–Crippen MR) is 73.2 cm³/mol. The molecule has 1 heterocycles. The molecule has 0 aliphatic rings. The van der Waals surface area contributed by atoms with Crippen LogP contribution in [0.15, 0.2) is 24.5 Å². The lowest BCUT2D eigenvalue weighted by Crippen LogP contribution is -2.47. The van der Waals surface area contributed by atoms with Gasteiger partial charge in [0.1, 0.15) is 5.41 Å². The van der Waals surface area contributed by atoms with Crippen LogP contribution in [0.4, 0.5) is 0 Å². The van der Waals surface area contributed by atoms with E-state index in [4.69, 9.17) is 0 Å². The summed E-state index contributed by atoms with van der Waals surface area (Å²) < 4.78 is 0. The van der Waals surface area contributed by atoms with Gasteiger partial charge in [-0.05, 0) is 38.0 Å². The van der Waals surface area contributed by atoms with Crippen molar-refractivity contribution in [2.24, 2.45) is 5.41 Å². The van der Waals surface area contributed by atoms with E-state index in [-0.39, 0.29) is 11.8 Å². The Morgan fingerprint density at radius 3 is 2.32 bits per heavy atom. The number of aromatic nitrogens is 1. The molecule has 0 spiro atoms. The van der Waals surface area contributed by atoms with E-state index < -0.39 is 5.41 Å². The summed E-state index contributed by atoms with van der Waals surface area (Å²) in [6.07, 6.45) is 4.18. The van der Waals surface area contributed by atoms with E-state index in [0.717, 1.165) is 12.0 Å². The van der Waals surface area contributed by atoms with Crippen LogP contribution in [-0.2, 0) is 16.1 Å². The highest BCUT2D eigenvalue weighted by Gasteiger charge is 2.35. The summed E-state index contributed by atoms with van der Waals surface area (Å²) in [5, 5.41) is 5.51. The molecule has 0 atom stereocenters. The first-order chi connectivity index (χ1) is 8.98. The van der Waals surface area contributed by atoms with Crippen LogP contribution in [0.2, 0.25) is 0 Å². The van der Waals surface area contributed by atoms with Gasteiger partial charge in [-0.2, -0.15) is 0 Å². The quantitative estimate of drug-likeness (QED) is 0.759. The second-order valence-electron chi connectivity index (χ2n) is 4.92. The number of pyridine rings is 1. The fourth-order valence-corrected chi connectivity index (χ4v) is 1.47. The smallest absolute Gasteiger partial charge is 0.235 e. The lowest BCUT2D eigenvalue weighted by Gasteiger charge is -2.22. The lowest BCUT2D eigenvalue weighted by atomic mass is 9.91. The zero-order chi connectivity index (χ0) is 14.3. The van der Waals surface area contributed by atoms with Crippen molar-refractivity contribution < 1.29 is 9.59 Å². The third kappa shape index (κ3) is 4.35. The normalized spacial score (nSPS) is 10.9. The first-order valence-corrected chi connectivity index (χ1v) is 6.44. The van der Waals surface area contributed by atoms with Crippen LogP contribution >= 0.6 is 0 Å². The number of nitrogens with zero attached hydrogens (tertiary/aromatic N) is 1. The van der Waals surface area contributed by atoms with Crippen molar-refractivity contribution in [3.8, 4) is 0 Å². The van der Waals surface area contributed by atoms with E-state index in [1.807, 2.05) is 19.1 Å². The average Bonchev–Trinajstić information content (AvgIpc) is 2.42. The number of carbonyl (C=O) groups excluding carboxylic acids is 2. The van der Waals surface area contributed by atoms with Crippen molar-refractivity contribution >= 4 is 11.8 Å². The van der Waals surface area contributed by atoms with Gasteiger partial charge in [-0.15, -0.1) is 0 Å². The standard InChI is InChI=1S/C14H21N3O2/c1-4-7-16-12(18)14(2,3)13(19)17-10-11-5-8-15-9-6-11/h5-6,8-9H,4,7,10H2,1-3H3,(H,16,18)(H,17,19). The van der Waals surface area contributed by atoms with E-state index in [2.05, 4.69) is 15.6 Å². The Morgan fingerprint density at radius 1 is 1.16 bits per heavy atom. The monoisotopic (exact) mass is 263 g/mol. The first-order valence-electron chi connectivity index (χ1n) is 6.44. The molecule has 1 rings (SSSR count). The van der Waals surface area contributed by atoms with Crippen LogP contribution in [0.1, 0.15) is 32.8 Å². The second-order valence-corrected chi connectivity index (χ2v) is 4.92. The number of rotatable bonds is 6. The SMILES string of the molecule is CCCNC(=O)C(C)(C)C(=O)NCc1ccncc1. The highest BCUT2D eigenvalue weighted by atomic mass is 16.2. The van der Waals surface area contributed by atoms with Crippen molar-refractivity contribution in [3.05, 3.63) is 30.1 Å². The van der Waals surface area contributed by atoms with E-state index in [0.29, 0.717) is 13.1 Å². The summed E-state index contributed by atoms with van der Waals surface area (Å²) in [4.78, 5) is 27.9. The highest BCUT2D eigenvalue weighted by Crippen LogP contribution is 2.15. The summed E-state index contributed by atoms with van der Waals surface area (Å²) in [6, 6.07) is 3.65. The molecule has 0 saturated heterocycles. The van der Waals surface area contributed by atoms with Gasteiger partial charge in [-0.3, -0.25) is 14.6 Å². The van der Waals surface area contributed by atoms with Crippen molar-refractivity contribution in [2.75, 3.05) is 6.54 Å². The Kier molecular flexibility index (Phi) is 5.48. The van der Waals surface area contributed by atoms with Gasteiger partial charge < -0.3 is 10.6 Å². The number of carbonyl (C=O) groups is 2. The minimum atomic E-state index is -1.07. The maximum absolute atomic E-state index is 12.1. The summed E-state index contributed by atoms with van der Waals surface area (Å²) in [5.41, 5.74) is -0.115. The molecule has 1 aromatic heterocycles. The van der Waals surface area contributed by atoms with Gasteiger partial charge in [0.05, 0.1) is 0 Å². The van der Waals surface area contributed by atoms with Crippen LogP contribution < -0.4 is 10.6 Å². The molecule has 5 heteroatoms. The zero-order valence-electron chi connectivity index (χ0n) is 11.7. The highest BCUT2D eigenvalue weighted by molar-refractivity contribution is 6.04. The fraction of sp³-hybridized carbons (Fsp3) is 0.500. The van der Waals surface area contributed by atoms with Gasteiger partial charge >= 0.3 is 0 Å². The third-order valence-corrected chi connectivity index (χ3v) is 2.87. The number of hydrogen-bond donors (Lipinski definition) is 2. The number of hydrogen-bond acceptors (Lipinski definition) is 3. The average molecular weight is 263 g/mol. The minimum Gasteiger partial charge on any atom is -0.355 e. The van der Waals surface area contributed by atoms with E-state index in [1.54, 1.807) is 26.2 Å². The van der Waals surface area contributed by atoms with Crippen LogP contribution in [0.3, 0.4) is 0 Å². The molecule has 2 amide bonds. The molecule has 1 aromatic rings. The van der Waals surface area contributed by atoms with E-state index in [1.165, 1.54) is 0 Å². The molecule has 19 heavy (non-hydrogen) atoms. The molecule has 0 aliphatic carbocycles. The molecule has 0 bridgehead atoms. The fourth-order valence-electron chi connectivity index (χ4n) is 1.47. The Morgan fingerprint density at radius 2 is 1.74 bits per heavy atom. The third-order valence-electron chi connectivity index (χ3n) is 2.87. The van der Waals surface area contributed by atoms with Gasteiger partial charge in [0.15, 0.2) is 0 Å². The molecule has 0 unspecified atom stereocenters. The molecular formula is C14H21N3O2. The Bertz CT molecular complexity index is 430. The Labute approximate surface area is 113 Å². The lowest BCUT2D eigenvalue weighted by molar-refractivity contribution is -0.141. The summed E-state index contributed by atoms with van der Waals surface area (Å²) >= 11 is 0. The molecule has 2 N–H and O–H groups in total. The van der Waals surface area contributed by atoms with Crippen LogP contribution in [-0.4, -0.2) is 23.3 Å². The van der Waals surface area contributed by atoms with Crippen molar-refractivity contribution in [1.29, 1.82) is 0 Å². The van der Waals surface area contributed by atoms with Crippen molar-refractivity contribution in [2.45, 2.75) is 33.7 Å². The molecule has 0 aromatic carbocycles. The Hall–Kier alpha value is -1.91. The van der Waals surface area contributed by atoms with E-state index in [9.17, 15) is 9.59 Å². The second kappa shape index (κ2) is 6.87. The van der Waals surface area contributed by atoms with Crippen molar-refractivity contribution in [1.82, 2.24) is 15.6 Å². The predicted octanol–water partition coefficient (Wildman–Crippen LogP) is 1.25. The molecule has 0 aliphatic heterocycles. The minimum absolute atomic E-state index is 0.249. The zero-order valence-corrected chi connectivity index (χ0v) is 11.7. The van der Waals surface area contributed by atoms with Gasteiger partial charge in [-0.1, -0.05) is 6.92 Å². The molecule has 104 valence electrons. The van der Waals surface area contributed by atoms with Gasteiger partial charge in [0.25, 0.3) is 0 Å². The largest absolute Gasteiger partial charge is 0.355 e. The molecule has 0 radical (unpaired) electrons. The summed E-state index contributed by atoms with van der Waals surface area (Å²) in [5.74, 6) is -0.528. The molecule has 5 nitrogen and oxygen atoms in total. The van der Waals surface area contributed by atoms with Gasteiger partial charge in [-0.25, -0.2) is 0 Å². The summed E-state index contributed by atoms with van der Waals surface area (Å²) in [6.45, 7) is 6.20. The van der Waals surface area contributed by atoms with Crippen LogP contribution in [0.25, 0.3) is 0 Å². The molecule has 0 saturated carbocycles. The maximum Gasteiger partial charge on any atom is 0.235 e. The van der Waals surface area contributed by atoms with Crippen molar-refractivity contribution in [3.63, 3.8) is 0 Å². The summed E-state index contributed by atoms with van der Waals surface area (Å²) in [7, 11) is 0. The maximum atomic E-state index is 12.1. The van der Waals surface area contributed by atoms with Crippen LogP contribution in [0, 0.1) is 5.41 Å². The topological polar surface area (TPSA) is 71.1 Å². The molecule has 0 fully saturated rings. The Balaban J connectivity index is 2.54. The van der Waals surface area contributed by atoms with Gasteiger partial charge in [0, 0.05) is 25.5 Å². The number of nitrogens with one attached hydrogen (secondary N) is 2. The molecular weight excluding hydrogens is 242 g/mol. The number of amides is 2. The van der Waals surface area contributed by atoms with Gasteiger partial charge in [0.2, 0.25) is 11.8 Å². The first kappa shape index (κ1) is 15.1. The van der Waals surface area contributed by atoms with Crippen LogP contribution in [0.5, 0.6) is 0 Å².